The molecule has 0 radical (unpaired) electrons. The van der Waals surface area contributed by atoms with Crippen LogP contribution in [0.3, 0.4) is 0 Å². The second kappa shape index (κ2) is 9.51. The molecule has 2 aliphatic rings. The topological polar surface area (TPSA) is 87.7 Å². The predicted octanol–water partition coefficient (Wildman–Crippen LogP) is 3.19. The van der Waals surface area contributed by atoms with E-state index in [1.165, 1.54) is 4.90 Å². The van der Waals surface area contributed by atoms with Crippen LogP contribution in [0.5, 0.6) is 5.75 Å². The summed E-state index contributed by atoms with van der Waals surface area (Å²) in [5, 5.41) is 2.97. The van der Waals surface area contributed by atoms with Crippen LogP contribution in [0.2, 0.25) is 0 Å². The average molecular weight is 458 g/mol. The van der Waals surface area contributed by atoms with Gasteiger partial charge in [-0.1, -0.05) is 42.5 Å². The highest BCUT2D eigenvalue weighted by atomic mass is 16.5. The molecule has 1 N–H and O–H groups in total. The maximum atomic E-state index is 13.2. The fourth-order valence-electron chi connectivity index (χ4n) is 4.50. The fraction of sp³-hybridized carbons (Fsp3) is 0.308. The average Bonchev–Trinajstić information content (AvgIpc) is 3.12. The molecular weight excluding hydrogens is 430 g/mol. The van der Waals surface area contributed by atoms with Crippen LogP contribution in [0, 0.1) is 0 Å². The van der Waals surface area contributed by atoms with Gasteiger partial charge in [0, 0.05) is 32.0 Å². The molecule has 0 aliphatic carbocycles. The molecule has 0 saturated carbocycles. The van der Waals surface area contributed by atoms with Gasteiger partial charge in [0.2, 0.25) is 5.95 Å². The van der Waals surface area contributed by atoms with Gasteiger partial charge in [0.05, 0.1) is 0 Å². The highest BCUT2D eigenvalue weighted by Crippen LogP contribution is 2.30. The summed E-state index contributed by atoms with van der Waals surface area (Å²) in [6.07, 6.45) is 5.09. The van der Waals surface area contributed by atoms with Crippen molar-refractivity contribution in [2.75, 3.05) is 24.5 Å². The molecule has 174 valence electrons. The number of piperidine rings is 1. The van der Waals surface area contributed by atoms with Crippen molar-refractivity contribution in [3.63, 3.8) is 0 Å². The zero-order chi connectivity index (χ0) is 23.4. The largest absolute Gasteiger partial charge is 0.489 e. The van der Waals surface area contributed by atoms with Crippen LogP contribution in [0.4, 0.5) is 10.7 Å². The maximum Gasteiger partial charge on any atom is 0.325 e. The van der Waals surface area contributed by atoms with Gasteiger partial charge in [-0.15, -0.1) is 0 Å². The number of carbonyl (C=O) groups is 2. The Balaban J connectivity index is 1.14. The van der Waals surface area contributed by atoms with Crippen LogP contribution in [0.1, 0.15) is 24.0 Å². The standard InChI is InChI=1S/C26H27N5O3/c32-23-26(12-17-30(18-13-26)24-27-14-4-15-28-24)29-25(33)31(23)16-11-20-7-9-22(10-8-20)34-19-21-5-2-1-3-6-21/h1-10,14-15H,11-13,16-19H2,(H,29,33). The first-order valence-corrected chi connectivity index (χ1v) is 11.5. The number of ether oxygens (including phenoxy) is 1. The van der Waals surface area contributed by atoms with E-state index in [9.17, 15) is 9.59 Å². The number of rotatable bonds is 7. The predicted molar refractivity (Wildman–Crippen MR) is 127 cm³/mol. The monoisotopic (exact) mass is 457 g/mol. The van der Waals surface area contributed by atoms with Crippen molar-refractivity contribution in [2.24, 2.45) is 0 Å². The zero-order valence-corrected chi connectivity index (χ0v) is 18.9. The molecule has 2 saturated heterocycles. The van der Waals surface area contributed by atoms with Crippen molar-refractivity contribution >= 4 is 17.9 Å². The van der Waals surface area contributed by atoms with Crippen LogP contribution in [-0.4, -0.2) is 52.0 Å². The van der Waals surface area contributed by atoms with E-state index < -0.39 is 5.54 Å². The first kappa shape index (κ1) is 21.9. The first-order valence-electron chi connectivity index (χ1n) is 11.5. The minimum absolute atomic E-state index is 0.131. The van der Waals surface area contributed by atoms with E-state index in [1.807, 2.05) is 54.6 Å². The van der Waals surface area contributed by atoms with Crippen molar-refractivity contribution < 1.29 is 14.3 Å². The number of anilines is 1. The number of amides is 3. The van der Waals surface area contributed by atoms with Gasteiger partial charge in [-0.25, -0.2) is 14.8 Å². The summed E-state index contributed by atoms with van der Waals surface area (Å²) < 4.78 is 5.83. The molecule has 3 aromatic rings. The van der Waals surface area contributed by atoms with Crippen molar-refractivity contribution in [1.29, 1.82) is 0 Å². The molecule has 3 amide bonds. The Morgan fingerprint density at radius 1 is 0.882 bits per heavy atom. The van der Waals surface area contributed by atoms with Crippen molar-refractivity contribution in [1.82, 2.24) is 20.2 Å². The molecule has 2 aliphatic heterocycles. The second-order valence-electron chi connectivity index (χ2n) is 8.67. The summed E-state index contributed by atoms with van der Waals surface area (Å²) in [5.41, 5.74) is 1.34. The third-order valence-corrected chi connectivity index (χ3v) is 6.49. The van der Waals surface area contributed by atoms with E-state index >= 15 is 0 Å². The van der Waals surface area contributed by atoms with Gasteiger partial charge in [0.15, 0.2) is 0 Å². The van der Waals surface area contributed by atoms with Crippen molar-refractivity contribution in [3.05, 3.63) is 84.2 Å². The number of nitrogens with zero attached hydrogens (tertiary/aromatic N) is 4. The molecule has 8 heteroatoms. The number of carbonyl (C=O) groups excluding carboxylic acids is 2. The molecule has 1 spiro atoms. The number of imide groups is 1. The Morgan fingerprint density at radius 3 is 2.29 bits per heavy atom. The molecule has 2 aromatic carbocycles. The van der Waals surface area contributed by atoms with Crippen molar-refractivity contribution in [3.8, 4) is 5.75 Å². The number of aromatic nitrogens is 2. The van der Waals surface area contributed by atoms with Crippen LogP contribution < -0.4 is 15.0 Å². The molecule has 2 fully saturated rings. The number of hydrogen-bond donors (Lipinski definition) is 1. The SMILES string of the molecule is O=C1NC2(CCN(c3ncccn3)CC2)C(=O)N1CCc1ccc(OCc2ccccc2)cc1. The lowest BCUT2D eigenvalue weighted by atomic mass is 9.87. The number of benzene rings is 2. The summed E-state index contributed by atoms with van der Waals surface area (Å²) in [6, 6.07) is 19.3. The minimum atomic E-state index is -0.822. The third-order valence-electron chi connectivity index (χ3n) is 6.49. The van der Waals surface area contributed by atoms with Gasteiger partial charge < -0.3 is 15.0 Å². The molecule has 0 unspecified atom stereocenters. The Hall–Kier alpha value is -3.94. The van der Waals surface area contributed by atoms with E-state index in [-0.39, 0.29) is 11.9 Å². The third kappa shape index (κ3) is 4.57. The molecular formula is C26H27N5O3. The minimum Gasteiger partial charge on any atom is -0.489 e. The summed E-state index contributed by atoms with van der Waals surface area (Å²) >= 11 is 0. The summed E-state index contributed by atoms with van der Waals surface area (Å²) in [7, 11) is 0. The normalized spacial score (nSPS) is 17.2. The molecule has 1 aromatic heterocycles. The van der Waals surface area contributed by atoms with Gasteiger partial charge in [-0.05, 0) is 48.6 Å². The van der Waals surface area contributed by atoms with E-state index in [1.54, 1.807) is 18.5 Å². The number of nitrogens with one attached hydrogen (secondary N) is 1. The summed E-state index contributed by atoms with van der Waals surface area (Å²) in [6.45, 7) is 2.10. The van der Waals surface area contributed by atoms with E-state index in [0.29, 0.717) is 51.5 Å². The highest BCUT2D eigenvalue weighted by molar-refractivity contribution is 6.07. The quantitative estimate of drug-likeness (QED) is 0.549. The van der Waals surface area contributed by atoms with Crippen LogP contribution in [0.15, 0.2) is 73.1 Å². The Labute approximate surface area is 198 Å². The molecule has 0 atom stereocenters. The van der Waals surface area contributed by atoms with Gasteiger partial charge >= 0.3 is 6.03 Å². The van der Waals surface area contributed by atoms with E-state index in [0.717, 1.165) is 16.9 Å². The van der Waals surface area contributed by atoms with Gasteiger partial charge in [0.25, 0.3) is 5.91 Å². The number of urea groups is 1. The van der Waals surface area contributed by atoms with E-state index in [2.05, 4.69) is 20.2 Å². The molecule has 8 nitrogen and oxygen atoms in total. The lowest BCUT2D eigenvalue weighted by Crippen LogP contribution is -2.55. The second-order valence-corrected chi connectivity index (χ2v) is 8.67. The lowest BCUT2D eigenvalue weighted by molar-refractivity contribution is -0.132. The molecule has 0 bridgehead atoms. The van der Waals surface area contributed by atoms with Crippen LogP contribution >= 0.6 is 0 Å². The van der Waals surface area contributed by atoms with Crippen LogP contribution in [0.25, 0.3) is 0 Å². The van der Waals surface area contributed by atoms with Crippen molar-refractivity contribution in [2.45, 2.75) is 31.4 Å². The maximum absolute atomic E-state index is 13.2. The van der Waals surface area contributed by atoms with Gasteiger partial charge in [-0.3, -0.25) is 9.69 Å². The van der Waals surface area contributed by atoms with E-state index in [4.69, 9.17) is 4.74 Å². The molecule has 5 rings (SSSR count). The Kier molecular flexibility index (Phi) is 6.12. The molecule has 34 heavy (non-hydrogen) atoms. The van der Waals surface area contributed by atoms with Gasteiger partial charge in [0.1, 0.15) is 17.9 Å². The lowest BCUT2D eigenvalue weighted by Gasteiger charge is -2.37. The number of hydrogen-bond acceptors (Lipinski definition) is 6. The first-order chi connectivity index (χ1) is 16.6. The Morgan fingerprint density at radius 2 is 1.59 bits per heavy atom. The fourth-order valence-corrected chi connectivity index (χ4v) is 4.50. The smallest absolute Gasteiger partial charge is 0.325 e. The summed E-state index contributed by atoms with van der Waals surface area (Å²) in [4.78, 5) is 37.8. The van der Waals surface area contributed by atoms with Gasteiger partial charge in [-0.2, -0.15) is 0 Å². The zero-order valence-electron chi connectivity index (χ0n) is 18.9. The Bertz CT molecular complexity index is 1130. The molecule has 3 heterocycles. The highest BCUT2D eigenvalue weighted by Gasteiger charge is 2.52. The van der Waals surface area contributed by atoms with Crippen LogP contribution in [-0.2, 0) is 17.8 Å². The summed E-state index contributed by atoms with van der Waals surface area (Å²) in [5.74, 6) is 1.31.